The van der Waals surface area contributed by atoms with Crippen LogP contribution in [0.25, 0.3) is 0 Å². The molecular weight excluding hydrogens is 204 g/mol. The number of aromatic hydroxyl groups is 1. The third kappa shape index (κ3) is 2.22. The molecule has 11 heavy (non-hydrogen) atoms. The molecule has 0 unspecified atom stereocenters. The summed E-state index contributed by atoms with van der Waals surface area (Å²) in [6, 6.07) is 5.62. The van der Waals surface area contributed by atoms with Gasteiger partial charge in [0, 0.05) is 0 Å². The number of phenols is 1. The summed E-state index contributed by atoms with van der Waals surface area (Å²) in [6.45, 7) is 2.14. The molecule has 0 spiro atoms. The molecule has 0 heterocycles. The first-order chi connectivity index (χ1) is 5.24. The lowest BCUT2D eigenvalue weighted by Gasteiger charge is -2.00. The first kappa shape index (κ1) is 8.60. The molecule has 0 aliphatic carbocycles. The average molecular weight is 215 g/mol. The number of aryl methyl sites for hydroxylation is 1. The second-order valence-corrected chi connectivity index (χ2v) is 3.39. The monoisotopic (exact) mass is 214 g/mol. The van der Waals surface area contributed by atoms with E-state index in [0.29, 0.717) is 5.75 Å². The molecule has 0 radical (unpaired) electrons. The van der Waals surface area contributed by atoms with E-state index in [9.17, 15) is 0 Å². The highest BCUT2D eigenvalue weighted by atomic mass is 79.9. The van der Waals surface area contributed by atoms with Gasteiger partial charge in [-0.3, -0.25) is 0 Å². The fourth-order valence-electron chi connectivity index (χ4n) is 0.995. The van der Waals surface area contributed by atoms with Crippen LogP contribution in [0.2, 0.25) is 0 Å². The Kier molecular flexibility index (Phi) is 2.94. The molecular formula is C9H11BrO. The van der Waals surface area contributed by atoms with Gasteiger partial charge in [-0.05, 0) is 40.0 Å². The van der Waals surface area contributed by atoms with Gasteiger partial charge in [-0.2, -0.15) is 0 Å². The lowest BCUT2D eigenvalue weighted by atomic mass is 10.1. The van der Waals surface area contributed by atoms with Crippen LogP contribution < -0.4 is 0 Å². The molecule has 0 aliphatic heterocycles. The minimum Gasteiger partial charge on any atom is -0.507 e. The van der Waals surface area contributed by atoms with Gasteiger partial charge in [-0.15, -0.1) is 0 Å². The van der Waals surface area contributed by atoms with Crippen molar-refractivity contribution < 1.29 is 5.11 Å². The van der Waals surface area contributed by atoms with Crippen LogP contribution in [0, 0.1) is 0 Å². The van der Waals surface area contributed by atoms with Crippen LogP contribution in [-0.4, -0.2) is 5.11 Å². The molecule has 0 saturated carbocycles. The fourth-order valence-corrected chi connectivity index (χ4v) is 1.42. The van der Waals surface area contributed by atoms with E-state index in [0.717, 1.165) is 17.3 Å². The maximum Gasteiger partial charge on any atom is 0.129 e. The SMILES string of the molecule is CCCc1ccc(O)c(Br)c1. The van der Waals surface area contributed by atoms with Crippen LogP contribution in [0.15, 0.2) is 22.7 Å². The van der Waals surface area contributed by atoms with Gasteiger partial charge in [0.25, 0.3) is 0 Å². The highest BCUT2D eigenvalue weighted by molar-refractivity contribution is 9.10. The minimum atomic E-state index is 0.310. The Balaban J connectivity index is 2.86. The number of hydrogen-bond acceptors (Lipinski definition) is 1. The topological polar surface area (TPSA) is 20.2 Å². The lowest BCUT2D eigenvalue weighted by Crippen LogP contribution is -1.81. The first-order valence-electron chi connectivity index (χ1n) is 3.71. The summed E-state index contributed by atoms with van der Waals surface area (Å²) >= 11 is 3.27. The summed E-state index contributed by atoms with van der Waals surface area (Å²) in [6.07, 6.45) is 2.20. The van der Waals surface area contributed by atoms with Gasteiger partial charge in [-0.25, -0.2) is 0 Å². The van der Waals surface area contributed by atoms with E-state index in [2.05, 4.69) is 22.9 Å². The largest absolute Gasteiger partial charge is 0.507 e. The summed E-state index contributed by atoms with van der Waals surface area (Å²) in [5.74, 6) is 0.310. The quantitative estimate of drug-likeness (QED) is 0.803. The molecule has 1 rings (SSSR count). The van der Waals surface area contributed by atoms with E-state index in [1.807, 2.05) is 12.1 Å². The zero-order valence-corrected chi connectivity index (χ0v) is 8.06. The van der Waals surface area contributed by atoms with E-state index in [1.165, 1.54) is 5.56 Å². The number of halogens is 1. The van der Waals surface area contributed by atoms with Gasteiger partial charge in [0.15, 0.2) is 0 Å². The molecule has 60 valence electrons. The first-order valence-corrected chi connectivity index (χ1v) is 4.50. The van der Waals surface area contributed by atoms with Crippen LogP contribution in [0.1, 0.15) is 18.9 Å². The number of rotatable bonds is 2. The standard InChI is InChI=1S/C9H11BrO/c1-2-3-7-4-5-9(11)8(10)6-7/h4-6,11H,2-3H2,1H3. The van der Waals surface area contributed by atoms with Crippen molar-refractivity contribution in [3.63, 3.8) is 0 Å². The van der Waals surface area contributed by atoms with Gasteiger partial charge in [0.1, 0.15) is 5.75 Å². The Morgan fingerprint density at radius 2 is 2.18 bits per heavy atom. The molecule has 0 aromatic heterocycles. The summed E-state index contributed by atoms with van der Waals surface area (Å²) in [5.41, 5.74) is 1.26. The number of benzene rings is 1. The summed E-state index contributed by atoms with van der Waals surface area (Å²) in [5, 5.41) is 9.17. The molecule has 1 N–H and O–H groups in total. The summed E-state index contributed by atoms with van der Waals surface area (Å²) < 4.78 is 0.781. The normalized spacial score (nSPS) is 10.0. The number of hydrogen-bond donors (Lipinski definition) is 1. The van der Waals surface area contributed by atoms with E-state index in [-0.39, 0.29) is 0 Å². The Labute approximate surface area is 75.2 Å². The van der Waals surface area contributed by atoms with Crippen LogP contribution >= 0.6 is 15.9 Å². The minimum absolute atomic E-state index is 0.310. The van der Waals surface area contributed by atoms with E-state index in [1.54, 1.807) is 6.07 Å². The third-order valence-electron chi connectivity index (χ3n) is 1.55. The van der Waals surface area contributed by atoms with Crippen LogP contribution in [0.4, 0.5) is 0 Å². The smallest absolute Gasteiger partial charge is 0.129 e. The van der Waals surface area contributed by atoms with Crippen molar-refractivity contribution >= 4 is 15.9 Å². The van der Waals surface area contributed by atoms with Crippen molar-refractivity contribution in [2.45, 2.75) is 19.8 Å². The second-order valence-electron chi connectivity index (χ2n) is 2.54. The van der Waals surface area contributed by atoms with Crippen LogP contribution in [0.5, 0.6) is 5.75 Å². The average Bonchev–Trinajstić information content (AvgIpc) is 1.98. The summed E-state index contributed by atoms with van der Waals surface area (Å²) in [7, 11) is 0. The zero-order valence-electron chi connectivity index (χ0n) is 6.47. The van der Waals surface area contributed by atoms with Crippen molar-refractivity contribution in [1.29, 1.82) is 0 Å². The molecule has 0 fully saturated rings. The lowest BCUT2D eigenvalue weighted by molar-refractivity contribution is 0.471. The molecule has 1 nitrogen and oxygen atoms in total. The highest BCUT2D eigenvalue weighted by Gasteiger charge is 1.97. The number of phenolic OH excluding ortho intramolecular Hbond substituents is 1. The zero-order chi connectivity index (χ0) is 8.27. The Morgan fingerprint density at radius 3 is 2.73 bits per heavy atom. The molecule has 0 saturated heterocycles. The molecule has 2 heteroatoms. The Morgan fingerprint density at radius 1 is 1.45 bits per heavy atom. The van der Waals surface area contributed by atoms with Crippen molar-refractivity contribution in [2.24, 2.45) is 0 Å². The summed E-state index contributed by atoms with van der Waals surface area (Å²) in [4.78, 5) is 0. The van der Waals surface area contributed by atoms with Gasteiger partial charge in [0.2, 0.25) is 0 Å². The fraction of sp³-hybridized carbons (Fsp3) is 0.333. The highest BCUT2D eigenvalue weighted by Crippen LogP contribution is 2.24. The predicted molar refractivity (Wildman–Crippen MR) is 49.8 cm³/mol. The molecule has 0 aliphatic rings. The second kappa shape index (κ2) is 3.77. The van der Waals surface area contributed by atoms with Gasteiger partial charge < -0.3 is 5.11 Å². The van der Waals surface area contributed by atoms with Gasteiger partial charge in [-0.1, -0.05) is 19.4 Å². The molecule has 0 bridgehead atoms. The van der Waals surface area contributed by atoms with Crippen molar-refractivity contribution in [2.75, 3.05) is 0 Å². The van der Waals surface area contributed by atoms with Gasteiger partial charge in [0.05, 0.1) is 4.47 Å². The van der Waals surface area contributed by atoms with Crippen molar-refractivity contribution in [3.8, 4) is 5.75 Å². The Hall–Kier alpha value is -0.500. The maximum atomic E-state index is 9.17. The van der Waals surface area contributed by atoms with E-state index in [4.69, 9.17) is 5.11 Å². The van der Waals surface area contributed by atoms with Crippen LogP contribution in [-0.2, 0) is 6.42 Å². The van der Waals surface area contributed by atoms with Crippen LogP contribution in [0.3, 0.4) is 0 Å². The maximum absolute atomic E-state index is 9.17. The van der Waals surface area contributed by atoms with E-state index >= 15 is 0 Å². The molecule has 0 amide bonds. The Bertz CT molecular complexity index is 245. The van der Waals surface area contributed by atoms with Crippen molar-refractivity contribution in [3.05, 3.63) is 28.2 Å². The molecule has 0 atom stereocenters. The van der Waals surface area contributed by atoms with Crippen molar-refractivity contribution in [1.82, 2.24) is 0 Å². The predicted octanol–water partition coefficient (Wildman–Crippen LogP) is 3.11. The molecule has 1 aromatic rings. The third-order valence-corrected chi connectivity index (χ3v) is 2.19. The molecule has 1 aromatic carbocycles. The van der Waals surface area contributed by atoms with E-state index < -0.39 is 0 Å². The van der Waals surface area contributed by atoms with Gasteiger partial charge >= 0.3 is 0 Å².